The first-order valence-corrected chi connectivity index (χ1v) is 0. The maximum Gasteiger partial charge on any atom is 3.00 e. The Balaban J connectivity index is 0. The predicted molar refractivity (Wildman–Crippen MR) is 19.5 cm³/mol. The summed E-state index contributed by atoms with van der Waals surface area (Å²) < 4.78 is 0. The minimum atomic E-state index is 0. The smallest absolute Gasteiger partial charge is 1.00 e. The van der Waals surface area contributed by atoms with Crippen molar-refractivity contribution in [2.24, 2.45) is 0 Å². The van der Waals surface area contributed by atoms with E-state index in [1.165, 1.54) is 0 Å². The van der Waals surface area contributed by atoms with Crippen LogP contribution in [-0.2, 0) is 0 Å². The van der Waals surface area contributed by atoms with Crippen molar-refractivity contribution in [3.8, 4) is 0 Å². The van der Waals surface area contributed by atoms with Crippen molar-refractivity contribution in [3.05, 3.63) is 0 Å². The Labute approximate surface area is 73.8 Å². The third-order valence-electron chi connectivity index (χ3n) is 0. The molecule has 3 N–H and O–H groups in total. The fourth-order valence-electron chi connectivity index (χ4n) is 0. The number of rotatable bonds is 0. The van der Waals surface area contributed by atoms with Gasteiger partial charge < -0.3 is 19.3 Å². The standard InChI is InChI=1S/Al.Ca.3H2O.2H/h;;3*1H2;;/q+3;+2;;;;2*-1/p-3. The Morgan fingerprint density at radius 1 is 0.800 bits per heavy atom. The minimum absolute atomic E-state index is 0. The summed E-state index contributed by atoms with van der Waals surface area (Å²) in [5.74, 6) is 0. The van der Waals surface area contributed by atoms with Crippen molar-refractivity contribution in [1.82, 2.24) is 0 Å². The van der Waals surface area contributed by atoms with Crippen LogP contribution in [0.4, 0.5) is 0 Å². The van der Waals surface area contributed by atoms with Gasteiger partial charge in [0.25, 0.3) is 0 Å². The molecule has 0 aromatic carbocycles. The molecule has 0 saturated carbocycles. The van der Waals surface area contributed by atoms with Crippen molar-refractivity contribution in [2.45, 2.75) is 0 Å². The second kappa shape index (κ2) is 44.3. The molecular formula is H5AlCaO3. The van der Waals surface area contributed by atoms with Gasteiger partial charge in [-0.2, -0.15) is 0 Å². The SMILES string of the molecule is [Al+3].[Ca+2].[H-].[H-].[OH-].[OH-].[OH-]. The van der Waals surface area contributed by atoms with E-state index in [4.69, 9.17) is 0 Å². The van der Waals surface area contributed by atoms with E-state index in [2.05, 4.69) is 0 Å². The molecular weight excluding hydrogens is 115 g/mol. The average Bonchev–Trinajstić information content (AvgIpc) is 0. The van der Waals surface area contributed by atoms with E-state index in [0.717, 1.165) is 0 Å². The van der Waals surface area contributed by atoms with Gasteiger partial charge in [-0.15, -0.1) is 0 Å². The predicted octanol–water partition coefficient (Wildman–Crippen LogP) is -1.07. The van der Waals surface area contributed by atoms with Gasteiger partial charge in [-0.05, 0) is 0 Å². The first-order valence-electron chi connectivity index (χ1n) is 0. The van der Waals surface area contributed by atoms with Gasteiger partial charge >= 0.3 is 55.1 Å². The molecule has 0 spiro atoms. The molecule has 0 aromatic heterocycles. The maximum atomic E-state index is 0. The molecule has 0 saturated heterocycles. The Bertz CT molecular complexity index is 12.9. The summed E-state index contributed by atoms with van der Waals surface area (Å²) in [6.07, 6.45) is 0. The van der Waals surface area contributed by atoms with Crippen LogP contribution in [0.5, 0.6) is 0 Å². The molecule has 0 atom stereocenters. The molecule has 0 aliphatic carbocycles. The number of hydrogen-bond acceptors (Lipinski definition) is 3. The third-order valence-corrected chi connectivity index (χ3v) is 0. The van der Waals surface area contributed by atoms with Gasteiger partial charge in [0.1, 0.15) is 0 Å². The van der Waals surface area contributed by atoms with Crippen LogP contribution in [0.25, 0.3) is 0 Å². The van der Waals surface area contributed by atoms with Gasteiger partial charge in [0, 0.05) is 0 Å². The molecule has 5 heteroatoms. The van der Waals surface area contributed by atoms with Crippen molar-refractivity contribution in [3.63, 3.8) is 0 Å². The molecule has 0 aromatic rings. The molecule has 0 rings (SSSR count). The Hall–Kier alpha value is 1.67. The molecule has 0 bridgehead atoms. The summed E-state index contributed by atoms with van der Waals surface area (Å²) in [4.78, 5) is 0. The van der Waals surface area contributed by atoms with E-state index in [9.17, 15) is 0 Å². The molecule has 0 radical (unpaired) electrons. The zero-order chi connectivity index (χ0) is 0. The molecule has 0 fully saturated rings. The molecule has 3 nitrogen and oxygen atoms in total. The monoisotopic (exact) mass is 120 g/mol. The Morgan fingerprint density at radius 3 is 0.800 bits per heavy atom. The van der Waals surface area contributed by atoms with Crippen LogP contribution in [0.1, 0.15) is 2.85 Å². The van der Waals surface area contributed by atoms with Gasteiger partial charge in [0.05, 0.1) is 0 Å². The first-order chi connectivity index (χ1) is 0. The van der Waals surface area contributed by atoms with Gasteiger partial charge in [-0.25, -0.2) is 0 Å². The zero-order valence-corrected chi connectivity index (χ0v) is 5.99. The average molecular weight is 120 g/mol. The molecule has 0 aliphatic rings. The van der Waals surface area contributed by atoms with Crippen LogP contribution in [0, 0.1) is 0 Å². The summed E-state index contributed by atoms with van der Waals surface area (Å²) in [5.41, 5.74) is 0. The minimum Gasteiger partial charge on any atom is -1.00 e. The normalized spacial score (nSPS) is 0. The maximum absolute atomic E-state index is 0. The Kier molecular flexibility index (Phi) is 680. The second-order valence-electron chi connectivity index (χ2n) is 0. The largest absolute Gasteiger partial charge is 3.00 e. The fraction of sp³-hybridized carbons (Fsp3) is 0. The second-order valence-corrected chi connectivity index (χ2v) is 0. The van der Waals surface area contributed by atoms with Crippen molar-refractivity contribution < 1.29 is 19.3 Å². The fourth-order valence-corrected chi connectivity index (χ4v) is 0. The summed E-state index contributed by atoms with van der Waals surface area (Å²) in [7, 11) is 0. The third kappa shape index (κ3) is 27.4. The van der Waals surface area contributed by atoms with Crippen molar-refractivity contribution >= 4 is 55.1 Å². The van der Waals surface area contributed by atoms with E-state index in [0.29, 0.717) is 0 Å². The first kappa shape index (κ1) is 76.8. The van der Waals surface area contributed by atoms with Crippen LogP contribution in [0.3, 0.4) is 0 Å². The van der Waals surface area contributed by atoms with E-state index in [-0.39, 0.29) is 74.4 Å². The van der Waals surface area contributed by atoms with Gasteiger partial charge in [0.15, 0.2) is 0 Å². The quantitative estimate of drug-likeness (QED) is 0.381. The summed E-state index contributed by atoms with van der Waals surface area (Å²) in [5, 5.41) is 0. The van der Waals surface area contributed by atoms with Crippen LogP contribution >= 0.6 is 0 Å². The summed E-state index contributed by atoms with van der Waals surface area (Å²) in [6, 6.07) is 0. The van der Waals surface area contributed by atoms with E-state index >= 15 is 0 Å². The topological polar surface area (TPSA) is 90.0 Å². The number of hydrogen-bond donors (Lipinski definition) is 0. The van der Waals surface area contributed by atoms with Gasteiger partial charge in [-0.1, -0.05) is 0 Å². The molecule has 0 amide bonds. The van der Waals surface area contributed by atoms with Crippen molar-refractivity contribution in [2.75, 3.05) is 0 Å². The molecule has 28 valence electrons. The molecule has 5 heavy (non-hydrogen) atoms. The molecule has 0 unspecified atom stereocenters. The zero-order valence-electron chi connectivity index (χ0n) is 4.63. The van der Waals surface area contributed by atoms with E-state index in [1.54, 1.807) is 0 Å². The van der Waals surface area contributed by atoms with Gasteiger partial charge in [0.2, 0.25) is 0 Å². The van der Waals surface area contributed by atoms with Crippen LogP contribution in [0.2, 0.25) is 0 Å². The van der Waals surface area contributed by atoms with Crippen LogP contribution in [-0.4, -0.2) is 71.5 Å². The summed E-state index contributed by atoms with van der Waals surface area (Å²) >= 11 is 0. The van der Waals surface area contributed by atoms with Crippen molar-refractivity contribution in [1.29, 1.82) is 0 Å². The van der Waals surface area contributed by atoms with Crippen LogP contribution in [0.15, 0.2) is 0 Å². The Morgan fingerprint density at radius 2 is 0.800 bits per heavy atom. The van der Waals surface area contributed by atoms with E-state index in [1.807, 2.05) is 0 Å². The molecule has 0 heterocycles. The van der Waals surface area contributed by atoms with Gasteiger partial charge in [-0.3, -0.25) is 0 Å². The van der Waals surface area contributed by atoms with E-state index < -0.39 is 0 Å². The van der Waals surface area contributed by atoms with Crippen LogP contribution < -0.4 is 0 Å². The summed E-state index contributed by atoms with van der Waals surface area (Å²) in [6.45, 7) is 0. The molecule has 0 aliphatic heterocycles.